The van der Waals surface area contributed by atoms with Gasteiger partial charge in [-0.2, -0.15) is 0 Å². The van der Waals surface area contributed by atoms with Crippen molar-refractivity contribution in [3.8, 4) is 5.69 Å². The van der Waals surface area contributed by atoms with E-state index in [0.717, 1.165) is 28.3 Å². The predicted molar refractivity (Wildman–Crippen MR) is 114 cm³/mol. The first-order valence-electron chi connectivity index (χ1n) is 10.0. The number of rotatable bonds is 4. The number of carbonyl (C=O) groups excluding carboxylic acids is 1. The van der Waals surface area contributed by atoms with Gasteiger partial charge in [0.15, 0.2) is 0 Å². The van der Waals surface area contributed by atoms with Crippen LogP contribution in [0.3, 0.4) is 0 Å². The Balaban J connectivity index is 2.24. The highest BCUT2D eigenvalue weighted by Gasteiger charge is 2.23. The number of nitrogens with zero attached hydrogens (tertiary/aromatic N) is 2. The zero-order chi connectivity index (χ0) is 22.9. The molecule has 164 valence electrons. The molecule has 31 heavy (non-hydrogen) atoms. The summed E-state index contributed by atoms with van der Waals surface area (Å²) < 4.78 is 34.3. The van der Waals surface area contributed by atoms with Gasteiger partial charge in [0, 0.05) is 6.07 Å². The Bertz CT molecular complexity index is 1180. The Hall–Kier alpha value is -3.29. The smallest absolute Gasteiger partial charge is 0.408 e. The third-order valence-electron chi connectivity index (χ3n) is 4.62. The molecule has 0 spiro atoms. The molecule has 8 heteroatoms. The van der Waals surface area contributed by atoms with E-state index in [2.05, 4.69) is 10.3 Å². The lowest BCUT2D eigenvalue weighted by atomic mass is 10.1. The van der Waals surface area contributed by atoms with Gasteiger partial charge in [-0.25, -0.2) is 18.6 Å². The second-order valence-electron chi connectivity index (χ2n) is 8.27. The van der Waals surface area contributed by atoms with Gasteiger partial charge >= 0.3 is 6.09 Å². The molecule has 3 aromatic rings. The number of alkyl carbamates (subject to hydrolysis) is 1. The maximum absolute atomic E-state index is 13.9. The van der Waals surface area contributed by atoms with Crippen LogP contribution in [-0.4, -0.2) is 21.2 Å². The summed E-state index contributed by atoms with van der Waals surface area (Å²) in [6.07, 6.45) is -0.0644. The number of para-hydroxylation sites is 1. The van der Waals surface area contributed by atoms with E-state index < -0.39 is 34.9 Å². The molecule has 0 saturated heterocycles. The highest BCUT2D eigenvalue weighted by molar-refractivity contribution is 5.81. The molecule has 0 aliphatic rings. The van der Waals surface area contributed by atoms with Crippen molar-refractivity contribution in [2.45, 2.75) is 52.7 Å². The average molecular weight is 429 g/mol. The average Bonchev–Trinajstić information content (AvgIpc) is 2.64. The molecule has 1 atom stereocenters. The predicted octanol–water partition coefficient (Wildman–Crippen LogP) is 4.81. The lowest BCUT2D eigenvalue weighted by Gasteiger charge is -2.23. The Labute approximate surface area is 178 Å². The first-order valence-corrected chi connectivity index (χ1v) is 10.0. The molecule has 2 aromatic carbocycles. The lowest BCUT2D eigenvalue weighted by molar-refractivity contribution is 0.0505. The number of fused-ring (bicyclic) bond motifs is 1. The van der Waals surface area contributed by atoms with Crippen LogP contribution in [0.15, 0.2) is 41.2 Å². The molecule has 0 aliphatic carbocycles. The van der Waals surface area contributed by atoms with Gasteiger partial charge in [0.1, 0.15) is 23.1 Å². The number of benzene rings is 2. The Morgan fingerprint density at radius 2 is 1.84 bits per heavy atom. The van der Waals surface area contributed by atoms with Gasteiger partial charge in [0.2, 0.25) is 0 Å². The molecular formula is C23H25F2N3O3. The highest BCUT2D eigenvalue weighted by Crippen LogP contribution is 2.22. The zero-order valence-electron chi connectivity index (χ0n) is 18.1. The fourth-order valence-corrected chi connectivity index (χ4v) is 3.33. The second-order valence-corrected chi connectivity index (χ2v) is 8.27. The van der Waals surface area contributed by atoms with E-state index >= 15 is 0 Å². The van der Waals surface area contributed by atoms with E-state index in [1.807, 2.05) is 13.0 Å². The summed E-state index contributed by atoms with van der Waals surface area (Å²) in [4.78, 5) is 30.3. The van der Waals surface area contributed by atoms with Gasteiger partial charge in [0.25, 0.3) is 5.56 Å². The summed E-state index contributed by atoms with van der Waals surface area (Å²) in [5.74, 6) is -1.53. The number of amides is 1. The molecule has 3 rings (SSSR count). The molecule has 1 heterocycles. The topological polar surface area (TPSA) is 73.2 Å². The molecule has 0 radical (unpaired) electrons. The molecule has 0 bridgehead atoms. The summed E-state index contributed by atoms with van der Waals surface area (Å²) >= 11 is 0. The lowest BCUT2D eigenvalue weighted by Crippen LogP contribution is -2.37. The van der Waals surface area contributed by atoms with E-state index in [0.29, 0.717) is 17.3 Å². The monoisotopic (exact) mass is 429 g/mol. The van der Waals surface area contributed by atoms with E-state index in [1.165, 1.54) is 0 Å². The SMILES string of the molecule is CCc1cccc2c(=O)n(-c3cc(F)cc(F)c3)c(C(C)NC(=O)OC(C)(C)C)nc12. The van der Waals surface area contributed by atoms with Crippen molar-refractivity contribution in [2.24, 2.45) is 0 Å². The maximum atomic E-state index is 13.9. The van der Waals surface area contributed by atoms with Gasteiger partial charge in [-0.1, -0.05) is 19.1 Å². The standard InChI is InChI=1S/C23H25F2N3O3/c1-6-14-8-7-9-18-19(14)27-20(13(2)26-22(30)31-23(3,4)5)28(21(18)29)17-11-15(24)10-16(25)12-17/h7-13H,6H2,1-5H3,(H,26,30). The molecular weight excluding hydrogens is 404 g/mol. The van der Waals surface area contributed by atoms with Crippen LogP contribution < -0.4 is 10.9 Å². The molecule has 1 aromatic heterocycles. The second kappa shape index (κ2) is 8.45. The fourth-order valence-electron chi connectivity index (χ4n) is 3.33. The van der Waals surface area contributed by atoms with E-state index in [4.69, 9.17) is 4.74 Å². The van der Waals surface area contributed by atoms with Crippen LogP contribution in [0.25, 0.3) is 16.6 Å². The molecule has 0 aliphatic heterocycles. The first kappa shape index (κ1) is 22.4. The number of halogens is 2. The maximum Gasteiger partial charge on any atom is 0.408 e. The van der Waals surface area contributed by atoms with Crippen molar-refractivity contribution in [3.63, 3.8) is 0 Å². The van der Waals surface area contributed by atoms with Crippen molar-refractivity contribution < 1.29 is 18.3 Å². The van der Waals surface area contributed by atoms with E-state index in [1.54, 1.807) is 39.8 Å². The van der Waals surface area contributed by atoms with Crippen LogP contribution >= 0.6 is 0 Å². The van der Waals surface area contributed by atoms with Gasteiger partial charge in [-0.3, -0.25) is 9.36 Å². The third kappa shape index (κ3) is 4.90. The number of nitrogens with one attached hydrogen (secondary N) is 1. The zero-order valence-corrected chi connectivity index (χ0v) is 18.1. The van der Waals surface area contributed by atoms with Gasteiger partial charge < -0.3 is 10.1 Å². The molecule has 1 unspecified atom stereocenters. The first-order chi connectivity index (χ1) is 14.5. The van der Waals surface area contributed by atoms with Gasteiger partial charge in [-0.05, 0) is 57.9 Å². The third-order valence-corrected chi connectivity index (χ3v) is 4.62. The molecule has 0 saturated carbocycles. The van der Waals surface area contributed by atoms with Crippen molar-refractivity contribution in [2.75, 3.05) is 0 Å². The summed E-state index contributed by atoms with van der Waals surface area (Å²) in [5, 5.41) is 2.97. The number of hydrogen-bond donors (Lipinski definition) is 1. The number of aromatic nitrogens is 2. The Morgan fingerprint density at radius 1 is 1.19 bits per heavy atom. The number of carbonyl (C=O) groups is 1. The molecule has 1 N–H and O–H groups in total. The van der Waals surface area contributed by atoms with Crippen molar-refractivity contribution in [1.29, 1.82) is 0 Å². The van der Waals surface area contributed by atoms with Crippen LogP contribution in [0.1, 0.15) is 52.0 Å². The number of aryl methyl sites for hydroxylation is 1. The van der Waals surface area contributed by atoms with Crippen LogP contribution in [0.2, 0.25) is 0 Å². The van der Waals surface area contributed by atoms with Gasteiger partial charge in [-0.15, -0.1) is 0 Å². The number of hydrogen-bond acceptors (Lipinski definition) is 4. The molecule has 1 amide bonds. The van der Waals surface area contributed by atoms with Crippen LogP contribution in [0, 0.1) is 11.6 Å². The van der Waals surface area contributed by atoms with Crippen molar-refractivity contribution in [1.82, 2.24) is 14.9 Å². The summed E-state index contributed by atoms with van der Waals surface area (Å²) in [6, 6.07) is 7.24. The quantitative estimate of drug-likeness (QED) is 0.646. The minimum atomic E-state index is -0.831. The summed E-state index contributed by atoms with van der Waals surface area (Å²) in [6.45, 7) is 8.74. The molecule has 0 fully saturated rings. The van der Waals surface area contributed by atoms with Crippen LogP contribution in [-0.2, 0) is 11.2 Å². The Morgan fingerprint density at radius 3 is 2.42 bits per heavy atom. The largest absolute Gasteiger partial charge is 0.444 e. The fraction of sp³-hybridized carbons (Fsp3) is 0.348. The summed E-state index contributed by atoms with van der Waals surface area (Å²) in [7, 11) is 0. The molecule has 6 nitrogen and oxygen atoms in total. The summed E-state index contributed by atoms with van der Waals surface area (Å²) in [5.41, 5.74) is 0.0973. The van der Waals surface area contributed by atoms with Crippen molar-refractivity contribution in [3.05, 3.63) is 69.8 Å². The highest BCUT2D eigenvalue weighted by atomic mass is 19.1. The van der Waals surface area contributed by atoms with Crippen LogP contribution in [0.4, 0.5) is 13.6 Å². The van der Waals surface area contributed by atoms with Crippen molar-refractivity contribution >= 4 is 17.0 Å². The normalized spacial score (nSPS) is 12.6. The minimum Gasteiger partial charge on any atom is -0.444 e. The van der Waals surface area contributed by atoms with Crippen LogP contribution in [0.5, 0.6) is 0 Å². The number of ether oxygens (including phenoxy) is 1. The van der Waals surface area contributed by atoms with E-state index in [9.17, 15) is 18.4 Å². The van der Waals surface area contributed by atoms with E-state index in [-0.39, 0.29) is 11.5 Å². The Kier molecular flexibility index (Phi) is 6.10. The minimum absolute atomic E-state index is 0.0216. The van der Waals surface area contributed by atoms with Gasteiger partial charge in [0.05, 0.1) is 22.6 Å².